The first-order valence-corrected chi connectivity index (χ1v) is 8.68. The van der Waals surface area contributed by atoms with Crippen LogP contribution in [-0.2, 0) is 0 Å². The van der Waals surface area contributed by atoms with Crippen molar-refractivity contribution in [1.29, 1.82) is 0 Å². The summed E-state index contributed by atoms with van der Waals surface area (Å²) < 4.78 is 0. The van der Waals surface area contributed by atoms with Crippen LogP contribution in [0.25, 0.3) is 0 Å². The summed E-state index contributed by atoms with van der Waals surface area (Å²) in [6.07, 6.45) is 6.95. The molecule has 0 spiro atoms. The molecule has 2 rings (SSSR count). The lowest BCUT2D eigenvalue weighted by Gasteiger charge is -2.42. The van der Waals surface area contributed by atoms with Crippen molar-refractivity contribution in [1.82, 2.24) is 5.32 Å². The molecule has 0 aliphatic heterocycles. The Morgan fingerprint density at radius 3 is 2.33 bits per heavy atom. The van der Waals surface area contributed by atoms with Crippen molar-refractivity contribution < 1.29 is 0 Å². The lowest BCUT2D eigenvalue weighted by molar-refractivity contribution is 0.183. The van der Waals surface area contributed by atoms with E-state index >= 15 is 0 Å². The maximum atomic E-state index is 3.71. The Bertz CT molecular complexity index is 393. The summed E-state index contributed by atoms with van der Waals surface area (Å²) >= 11 is 0. The van der Waals surface area contributed by atoms with Crippen LogP contribution in [0.5, 0.6) is 0 Å². The van der Waals surface area contributed by atoms with E-state index in [0.29, 0.717) is 11.5 Å². The van der Waals surface area contributed by atoms with Crippen molar-refractivity contribution in [3.8, 4) is 0 Å². The van der Waals surface area contributed by atoms with Crippen molar-refractivity contribution in [2.75, 3.05) is 24.5 Å². The van der Waals surface area contributed by atoms with Gasteiger partial charge in [0.05, 0.1) is 0 Å². The second-order valence-corrected chi connectivity index (χ2v) is 6.95. The fraction of sp³-hybridized carbons (Fsp3) is 0.684. The first kappa shape index (κ1) is 16.4. The van der Waals surface area contributed by atoms with Crippen LogP contribution < -0.4 is 10.2 Å². The van der Waals surface area contributed by atoms with Gasteiger partial charge < -0.3 is 10.2 Å². The Labute approximate surface area is 130 Å². The maximum Gasteiger partial charge on any atom is 0.0366 e. The molecule has 2 heteroatoms. The van der Waals surface area contributed by atoms with Gasteiger partial charge in [-0.2, -0.15) is 0 Å². The molecule has 0 unspecified atom stereocenters. The van der Waals surface area contributed by atoms with Gasteiger partial charge in [-0.1, -0.05) is 51.3 Å². The van der Waals surface area contributed by atoms with Crippen LogP contribution in [0.15, 0.2) is 30.3 Å². The lowest BCUT2D eigenvalue weighted by Crippen LogP contribution is -2.47. The van der Waals surface area contributed by atoms with Crippen LogP contribution in [0.3, 0.4) is 0 Å². The molecule has 0 bridgehead atoms. The number of hydrogen-bond acceptors (Lipinski definition) is 2. The predicted molar refractivity (Wildman–Crippen MR) is 93.0 cm³/mol. The molecule has 0 amide bonds. The minimum Gasteiger partial charge on any atom is -0.371 e. The van der Waals surface area contributed by atoms with Crippen LogP contribution in [0.4, 0.5) is 5.69 Å². The molecule has 0 atom stereocenters. The zero-order valence-electron chi connectivity index (χ0n) is 14.1. The van der Waals surface area contributed by atoms with Gasteiger partial charge in [0, 0.05) is 36.8 Å². The molecule has 1 aliphatic carbocycles. The van der Waals surface area contributed by atoms with Gasteiger partial charge in [0.25, 0.3) is 0 Å². The summed E-state index contributed by atoms with van der Waals surface area (Å²) in [5, 5.41) is 3.71. The Hall–Kier alpha value is -1.02. The quantitative estimate of drug-likeness (QED) is 0.797. The molecule has 1 fully saturated rings. The van der Waals surface area contributed by atoms with Crippen molar-refractivity contribution in [2.45, 2.75) is 58.9 Å². The lowest BCUT2D eigenvalue weighted by atomic mass is 9.73. The zero-order valence-corrected chi connectivity index (χ0v) is 14.1. The largest absolute Gasteiger partial charge is 0.371 e. The van der Waals surface area contributed by atoms with E-state index in [9.17, 15) is 0 Å². The van der Waals surface area contributed by atoms with Crippen molar-refractivity contribution in [3.05, 3.63) is 30.3 Å². The number of benzene rings is 1. The summed E-state index contributed by atoms with van der Waals surface area (Å²) in [5.41, 5.74) is 1.82. The standard InChI is InChI=1S/C19H32N2/c1-4-21(18-11-7-5-8-12-18)16-19(15-20-17(2)3)13-9-6-10-14-19/h5,7-8,11-12,17,20H,4,6,9-10,13-16H2,1-3H3. The van der Waals surface area contributed by atoms with E-state index in [2.05, 4.69) is 61.3 Å². The maximum absolute atomic E-state index is 3.71. The number of anilines is 1. The van der Waals surface area contributed by atoms with Gasteiger partial charge in [0.15, 0.2) is 0 Å². The SMILES string of the molecule is CCN(CC1(CNC(C)C)CCCCC1)c1ccccc1. The van der Waals surface area contributed by atoms with Crippen molar-refractivity contribution in [2.24, 2.45) is 5.41 Å². The van der Waals surface area contributed by atoms with Gasteiger partial charge >= 0.3 is 0 Å². The highest BCUT2D eigenvalue weighted by Gasteiger charge is 2.33. The van der Waals surface area contributed by atoms with Crippen LogP contribution in [0, 0.1) is 5.41 Å². The Kier molecular flexibility index (Phi) is 6.10. The van der Waals surface area contributed by atoms with Crippen molar-refractivity contribution in [3.63, 3.8) is 0 Å². The normalized spacial score (nSPS) is 17.9. The van der Waals surface area contributed by atoms with Gasteiger partial charge in [-0.05, 0) is 31.9 Å². The molecule has 0 aromatic heterocycles. The topological polar surface area (TPSA) is 15.3 Å². The summed E-state index contributed by atoms with van der Waals surface area (Å²) in [6, 6.07) is 11.5. The van der Waals surface area contributed by atoms with E-state index in [4.69, 9.17) is 0 Å². The van der Waals surface area contributed by atoms with Gasteiger partial charge in [0.1, 0.15) is 0 Å². The highest BCUT2D eigenvalue weighted by molar-refractivity contribution is 5.46. The molecule has 1 saturated carbocycles. The summed E-state index contributed by atoms with van der Waals surface area (Å²) in [6.45, 7) is 10.2. The number of nitrogens with one attached hydrogen (secondary N) is 1. The third-order valence-electron chi connectivity index (χ3n) is 4.83. The highest BCUT2D eigenvalue weighted by Crippen LogP contribution is 2.37. The average Bonchev–Trinajstić information content (AvgIpc) is 2.53. The van der Waals surface area contributed by atoms with Gasteiger partial charge in [-0.25, -0.2) is 0 Å². The van der Waals surface area contributed by atoms with Gasteiger partial charge in [-0.15, -0.1) is 0 Å². The Morgan fingerprint density at radius 1 is 1.10 bits per heavy atom. The van der Waals surface area contributed by atoms with E-state index in [1.54, 1.807) is 0 Å². The second kappa shape index (κ2) is 7.84. The first-order chi connectivity index (χ1) is 10.2. The molecule has 1 N–H and O–H groups in total. The molecule has 1 aliphatic rings. The predicted octanol–water partition coefficient (Wildman–Crippen LogP) is 4.46. The zero-order chi connectivity index (χ0) is 15.1. The molecule has 2 nitrogen and oxygen atoms in total. The van der Waals surface area contributed by atoms with Crippen LogP contribution in [-0.4, -0.2) is 25.7 Å². The number of rotatable bonds is 7. The molecule has 21 heavy (non-hydrogen) atoms. The molecular weight excluding hydrogens is 256 g/mol. The van der Waals surface area contributed by atoms with Gasteiger partial charge in [0.2, 0.25) is 0 Å². The summed E-state index contributed by atoms with van der Waals surface area (Å²) in [5.74, 6) is 0. The monoisotopic (exact) mass is 288 g/mol. The van der Waals surface area contributed by atoms with E-state index in [0.717, 1.165) is 13.1 Å². The molecule has 0 heterocycles. The van der Waals surface area contributed by atoms with Crippen LogP contribution in [0.1, 0.15) is 52.9 Å². The van der Waals surface area contributed by atoms with Gasteiger partial charge in [-0.3, -0.25) is 0 Å². The fourth-order valence-electron chi connectivity index (χ4n) is 3.54. The molecule has 118 valence electrons. The van der Waals surface area contributed by atoms with E-state index < -0.39 is 0 Å². The van der Waals surface area contributed by atoms with E-state index in [-0.39, 0.29) is 0 Å². The number of para-hydroxylation sites is 1. The third kappa shape index (κ3) is 4.74. The number of hydrogen-bond donors (Lipinski definition) is 1. The summed E-state index contributed by atoms with van der Waals surface area (Å²) in [7, 11) is 0. The van der Waals surface area contributed by atoms with Crippen LogP contribution in [0.2, 0.25) is 0 Å². The Balaban J connectivity index is 2.09. The molecule has 0 saturated heterocycles. The minimum atomic E-state index is 0.453. The van der Waals surface area contributed by atoms with E-state index in [1.165, 1.54) is 44.3 Å². The van der Waals surface area contributed by atoms with Crippen LogP contribution >= 0.6 is 0 Å². The smallest absolute Gasteiger partial charge is 0.0366 e. The summed E-state index contributed by atoms with van der Waals surface area (Å²) in [4.78, 5) is 2.56. The fourth-order valence-corrected chi connectivity index (χ4v) is 3.54. The minimum absolute atomic E-state index is 0.453. The first-order valence-electron chi connectivity index (χ1n) is 8.68. The van der Waals surface area contributed by atoms with E-state index in [1.807, 2.05) is 0 Å². The number of nitrogens with zero attached hydrogens (tertiary/aromatic N) is 1. The molecule has 0 radical (unpaired) electrons. The average molecular weight is 288 g/mol. The molecule has 1 aromatic rings. The third-order valence-corrected chi connectivity index (χ3v) is 4.83. The Morgan fingerprint density at radius 2 is 1.76 bits per heavy atom. The second-order valence-electron chi connectivity index (χ2n) is 6.95. The highest BCUT2D eigenvalue weighted by atomic mass is 15.1. The molecule has 1 aromatic carbocycles. The molecular formula is C19H32N2. The van der Waals surface area contributed by atoms with Crippen molar-refractivity contribution >= 4 is 5.69 Å².